The van der Waals surface area contributed by atoms with E-state index in [4.69, 9.17) is 0 Å². The molecule has 0 aliphatic heterocycles. The summed E-state index contributed by atoms with van der Waals surface area (Å²) in [6, 6.07) is 19.2. The molecule has 1 aromatic heterocycles. The van der Waals surface area contributed by atoms with Crippen LogP contribution < -0.4 is 9.47 Å². The van der Waals surface area contributed by atoms with Crippen molar-refractivity contribution < 1.29 is 17.5 Å². The Labute approximate surface area is 215 Å². The van der Waals surface area contributed by atoms with Crippen molar-refractivity contribution in [2.24, 2.45) is 17.8 Å². The van der Waals surface area contributed by atoms with E-state index in [2.05, 4.69) is 72.2 Å². The molecule has 3 aromatic rings. The van der Waals surface area contributed by atoms with Crippen LogP contribution in [0.2, 0.25) is 0 Å². The second kappa shape index (κ2) is 9.64. The molecule has 4 saturated carbocycles. The van der Waals surface area contributed by atoms with E-state index >= 15 is 0 Å². The number of anilines is 2. The van der Waals surface area contributed by atoms with Gasteiger partial charge in [0.2, 0.25) is 0 Å². The van der Waals surface area contributed by atoms with E-state index in [0.717, 1.165) is 23.3 Å². The molecule has 4 bridgehead atoms. The number of hydrogen-bond donors (Lipinski definition) is 0. The predicted octanol–water partition coefficient (Wildman–Crippen LogP) is 5.87. The number of aromatic nitrogens is 1. The van der Waals surface area contributed by atoms with E-state index < -0.39 is 10.1 Å². The third kappa shape index (κ3) is 5.21. The summed E-state index contributed by atoms with van der Waals surface area (Å²) in [7, 11) is -2.11. The summed E-state index contributed by atoms with van der Waals surface area (Å²) < 4.78 is 33.7. The fourth-order valence-electron chi connectivity index (χ4n) is 6.96. The molecular weight excluding hydrogens is 468 g/mol. The van der Waals surface area contributed by atoms with Crippen LogP contribution in [0.15, 0.2) is 78.0 Å². The van der Waals surface area contributed by atoms with Crippen LogP contribution in [0, 0.1) is 31.6 Å². The van der Waals surface area contributed by atoms with E-state index in [-0.39, 0.29) is 4.90 Å². The highest BCUT2D eigenvalue weighted by atomic mass is 32.2. The Balaban J connectivity index is 0.000000205. The molecule has 1 heterocycles. The van der Waals surface area contributed by atoms with Gasteiger partial charge in [-0.1, -0.05) is 35.4 Å². The van der Waals surface area contributed by atoms with E-state index in [9.17, 15) is 13.0 Å². The lowest BCUT2D eigenvalue weighted by molar-refractivity contribution is -0.776. The van der Waals surface area contributed by atoms with Crippen LogP contribution in [0.3, 0.4) is 0 Å². The fourth-order valence-corrected chi connectivity index (χ4v) is 7.43. The second-order valence-electron chi connectivity index (χ2n) is 11.3. The first kappa shape index (κ1) is 25.0. The summed E-state index contributed by atoms with van der Waals surface area (Å²) in [5.74, 6) is 2.98. The number of hydrogen-bond acceptors (Lipinski definition) is 4. The van der Waals surface area contributed by atoms with Gasteiger partial charge in [-0.3, -0.25) is 0 Å². The Bertz CT molecular complexity index is 1260. The lowest BCUT2D eigenvalue weighted by Crippen LogP contribution is -2.64. The van der Waals surface area contributed by atoms with Crippen LogP contribution in [0.5, 0.6) is 0 Å². The minimum Gasteiger partial charge on any atom is -0.744 e. The minimum atomic E-state index is -4.27. The van der Waals surface area contributed by atoms with Crippen molar-refractivity contribution in [3.8, 4) is 0 Å². The molecule has 190 valence electrons. The molecular formula is C30H36N2O3S. The first-order valence-electron chi connectivity index (χ1n) is 13.0. The Hall–Kier alpha value is -2.70. The van der Waals surface area contributed by atoms with Crippen molar-refractivity contribution in [1.29, 1.82) is 0 Å². The van der Waals surface area contributed by atoms with Crippen LogP contribution in [0.25, 0.3) is 0 Å². The molecule has 36 heavy (non-hydrogen) atoms. The zero-order valence-electron chi connectivity index (χ0n) is 21.4. The Morgan fingerprint density at radius 2 is 1.17 bits per heavy atom. The van der Waals surface area contributed by atoms with Crippen LogP contribution in [0.1, 0.15) is 49.7 Å². The van der Waals surface area contributed by atoms with Crippen molar-refractivity contribution >= 4 is 21.5 Å². The fraction of sp³-hybridized carbons (Fsp3) is 0.433. The van der Waals surface area contributed by atoms with Crippen molar-refractivity contribution in [3.63, 3.8) is 0 Å². The topological polar surface area (TPSA) is 64.3 Å². The quantitative estimate of drug-likeness (QED) is 0.329. The monoisotopic (exact) mass is 504 g/mol. The van der Waals surface area contributed by atoms with Gasteiger partial charge in [-0.25, -0.2) is 8.42 Å². The Kier molecular flexibility index (Phi) is 6.69. The summed E-state index contributed by atoms with van der Waals surface area (Å²) in [6.07, 6.45) is 13.5. The maximum Gasteiger partial charge on any atom is 0.171 e. The molecule has 5 nitrogen and oxygen atoms in total. The molecule has 0 N–H and O–H groups in total. The first-order chi connectivity index (χ1) is 17.1. The molecule has 4 fully saturated rings. The van der Waals surface area contributed by atoms with Crippen molar-refractivity contribution in [3.05, 3.63) is 84.2 Å². The maximum atomic E-state index is 10.4. The average molecular weight is 505 g/mol. The highest BCUT2D eigenvalue weighted by molar-refractivity contribution is 7.85. The largest absolute Gasteiger partial charge is 0.744 e. The van der Waals surface area contributed by atoms with Gasteiger partial charge in [0.25, 0.3) is 0 Å². The molecule has 0 radical (unpaired) electrons. The first-order valence-corrected chi connectivity index (χ1v) is 14.4. The van der Waals surface area contributed by atoms with E-state index in [0.29, 0.717) is 5.54 Å². The third-order valence-corrected chi connectivity index (χ3v) is 9.33. The van der Waals surface area contributed by atoms with E-state index in [1.807, 2.05) is 6.92 Å². The Morgan fingerprint density at radius 1 is 0.750 bits per heavy atom. The summed E-state index contributed by atoms with van der Waals surface area (Å²) >= 11 is 0. The van der Waals surface area contributed by atoms with Gasteiger partial charge in [0, 0.05) is 44.1 Å². The van der Waals surface area contributed by atoms with Crippen LogP contribution in [0.4, 0.5) is 11.4 Å². The molecule has 7 rings (SSSR count). The molecule has 0 spiro atoms. The smallest absolute Gasteiger partial charge is 0.171 e. The van der Waals surface area contributed by atoms with Crippen LogP contribution in [-0.4, -0.2) is 20.0 Å². The summed E-state index contributed by atoms with van der Waals surface area (Å²) in [4.78, 5) is 2.10. The van der Waals surface area contributed by atoms with Gasteiger partial charge in [-0.15, -0.1) is 0 Å². The molecule has 0 saturated heterocycles. The maximum absolute atomic E-state index is 10.4. The van der Waals surface area contributed by atoms with Crippen LogP contribution in [-0.2, 0) is 15.7 Å². The average Bonchev–Trinajstić information content (AvgIpc) is 2.83. The predicted molar refractivity (Wildman–Crippen MR) is 141 cm³/mol. The molecule has 4 aliphatic carbocycles. The summed E-state index contributed by atoms with van der Waals surface area (Å²) in [5, 5.41) is 0. The van der Waals surface area contributed by atoms with Crippen molar-refractivity contribution in [1.82, 2.24) is 0 Å². The standard InChI is InChI=1S/C23H29N2.C7H8O3S/c1-17-3-5-21(6-4-17)24(2)22-7-9-25(10-8-22)23-14-18-11-19(15-23)13-20(12-18)16-23;1-6-2-4-7(5-3-6)11(8,9)10/h3-10,18-20H,11-16H2,1-2H3;2-5H,1H3,(H,8,9,10)/q+1;/p-1. The minimum absolute atomic E-state index is 0.178. The number of benzene rings is 2. The molecule has 0 amide bonds. The highest BCUT2D eigenvalue weighted by Crippen LogP contribution is 2.56. The third-order valence-electron chi connectivity index (χ3n) is 8.48. The summed E-state index contributed by atoms with van der Waals surface area (Å²) in [5.41, 5.74) is 5.18. The van der Waals surface area contributed by atoms with Gasteiger partial charge in [0.15, 0.2) is 17.9 Å². The molecule has 2 aromatic carbocycles. The zero-order valence-corrected chi connectivity index (χ0v) is 22.2. The van der Waals surface area contributed by atoms with Gasteiger partial charge in [0.1, 0.15) is 10.1 Å². The van der Waals surface area contributed by atoms with Gasteiger partial charge < -0.3 is 9.45 Å². The lowest BCUT2D eigenvalue weighted by atomic mass is 9.53. The second-order valence-corrected chi connectivity index (χ2v) is 12.6. The molecule has 0 atom stereocenters. The van der Waals surface area contributed by atoms with E-state index in [1.54, 1.807) is 12.1 Å². The number of aryl methyl sites for hydroxylation is 2. The van der Waals surface area contributed by atoms with Gasteiger partial charge in [-0.2, -0.15) is 4.57 Å². The number of rotatable bonds is 4. The van der Waals surface area contributed by atoms with Gasteiger partial charge >= 0.3 is 0 Å². The zero-order chi connectivity index (χ0) is 25.5. The molecule has 6 heteroatoms. The SMILES string of the molecule is Cc1ccc(N(C)c2cc[n+](C34CC5CC(CC(C5)C3)C4)cc2)cc1.Cc1ccc(S(=O)(=O)[O-])cc1. The molecule has 0 unspecified atom stereocenters. The van der Waals surface area contributed by atoms with Crippen LogP contribution >= 0.6 is 0 Å². The van der Waals surface area contributed by atoms with E-state index in [1.165, 1.54) is 67.6 Å². The van der Waals surface area contributed by atoms with Gasteiger partial charge in [0.05, 0.1) is 10.6 Å². The molecule has 4 aliphatic rings. The van der Waals surface area contributed by atoms with Gasteiger partial charge in [-0.05, 0) is 75.1 Å². The number of nitrogens with zero attached hydrogens (tertiary/aromatic N) is 2. The summed E-state index contributed by atoms with van der Waals surface area (Å²) in [6.45, 7) is 3.96. The Morgan fingerprint density at radius 3 is 1.61 bits per heavy atom. The highest BCUT2D eigenvalue weighted by Gasteiger charge is 2.56. The normalized spacial score (nSPS) is 26.3. The van der Waals surface area contributed by atoms with Crippen molar-refractivity contribution in [2.45, 2.75) is 62.8 Å². The number of pyridine rings is 1. The van der Waals surface area contributed by atoms with Crippen molar-refractivity contribution in [2.75, 3.05) is 11.9 Å². The lowest BCUT2D eigenvalue weighted by Gasteiger charge is -2.53.